The molecule has 1 heterocycles. The summed E-state index contributed by atoms with van der Waals surface area (Å²) < 4.78 is 75.8. The second-order valence-electron chi connectivity index (χ2n) is 5.11. The molecule has 1 aromatic heterocycles. The molecule has 0 aromatic carbocycles. The molecule has 2 rings (SSSR count). The van der Waals surface area contributed by atoms with E-state index in [4.69, 9.17) is 0 Å². The molecule has 2 atom stereocenters. The Hall–Kier alpha value is -1.47. The molecule has 0 spiro atoms. The molecule has 1 aromatic rings. The summed E-state index contributed by atoms with van der Waals surface area (Å²) in [6.07, 6.45) is -6.40. The quantitative estimate of drug-likeness (QED) is 0.805. The number of hydrogen-bond acceptors (Lipinski definition) is 2. The molecule has 0 aliphatic heterocycles. The number of pyridine rings is 1. The fourth-order valence-electron chi connectivity index (χ4n) is 2.56. The number of nitrogens with zero attached hydrogens (tertiary/aromatic N) is 1. The molecule has 0 radical (unpaired) electrons. The summed E-state index contributed by atoms with van der Waals surface area (Å²) in [4.78, 5) is 3.23. The van der Waals surface area contributed by atoms with E-state index in [1.807, 2.05) is 0 Å². The van der Waals surface area contributed by atoms with Crippen molar-refractivity contribution in [3.63, 3.8) is 0 Å². The van der Waals surface area contributed by atoms with E-state index in [1.54, 1.807) is 0 Å². The summed E-state index contributed by atoms with van der Waals surface area (Å²) in [6, 6.07) is 1.04. The zero-order valence-corrected chi connectivity index (χ0v) is 10.9. The first-order chi connectivity index (χ1) is 9.68. The Morgan fingerprint density at radius 2 is 1.67 bits per heavy atom. The summed E-state index contributed by atoms with van der Waals surface area (Å²) in [6.45, 7) is 0. The van der Waals surface area contributed by atoms with Crippen LogP contribution in [0.1, 0.15) is 31.4 Å². The minimum Gasteiger partial charge on any atom is -0.380 e. The van der Waals surface area contributed by atoms with E-state index in [2.05, 4.69) is 10.3 Å². The summed E-state index contributed by atoms with van der Waals surface area (Å²) >= 11 is 0. The van der Waals surface area contributed by atoms with Crippen LogP contribution in [0.25, 0.3) is 0 Å². The Bertz CT molecular complexity index is 465. The van der Waals surface area contributed by atoms with Crippen LogP contribution in [0, 0.1) is 5.92 Å². The number of anilines is 1. The van der Waals surface area contributed by atoms with Crippen molar-refractivity contribution in [3.05, 3.63) is 24.0 Å². The first-order valence-corrected chi connectivity index (χ1v) is 6.54. The van der Waals surface area contributed by atoms with E-state index in [0.717, 1.165) is 18.3 Å². The van der Waals surface area contributed by atoms with Crippen molar-refractivity contribution in [1.82, 2.24) is 4.98 Å². The number of nitrogens with one attached hydrogen (secondary N) is 1. The largest absolute Gasteiger partial charge is 0.433 e. The van der Waals surface area contributed by atoms with Crippen LogP contribution in [-0.2, 0) is 6.18 Å². The summed E-state index contributed by atoms with van der Waals surface area (Å²) in [7, 11) is 0. The third kappa shape index (κ3) is 4.01. The molecule has 1 saturated carbocycles. The molecule has 1 aliphatic carbocycles. The molecule has 1 fully saturated rings. The summed E-state index contributed by atoms with van der Waals surface area (Å²) in [5.41, 5.74) is -0.895. The highest BCUT2D eigenvalue weighted by atomic mass is 19.4. The number of alkyl halides is 6. The third-order valence-corrected chi connectivity index (χ3v) is 3.59. The summed E-state index contributed by atoms with van der Waals surface area (Å²) in [5.74, 6) is -1.48. The van der Waals surface area contributed by atoms with Gasteiger partial charge in [-0.15, -0.1) is 0 Å². The molecule has 8 heteroatoms. The fraction of sp³-hybridized carbons (Fsp3) is 0.615. The number of aromatic nitrogens is 1. The van der Waals surface area contributed by atoms with Gasteiger partial charge in [-0.05, 0) is 25.0 Å². The van der Waals surface area contributed by atoms with Crippen molar-refractivity contribution in [2.45, 2.75) is 44.1 Å². The van der Waals surface area contributed by atoms with Crippen LogP contribution < -0.4 is 5.32 Å². The molecule has 1 aliphatic rings. The van der Waals surface area contributed by atoms with Crippen LogP contribution in [0.4, 0.5) is 32.0 Å². The highest BCUT2D eigenvalue weighted by Crippen LogP contribution is 2.39. The highest BCUT2D eigenvalue weighted by Gasteiger charge is 2.45. The predicted octanol–water partition coefficient (Wildman–Crippen LogP) is 4.63. The lowest BCUT2D eigenvalue weighted by molar-refractivity contribution is -0.184. The smallest absolute Gasteiger partial charge is 0.380 e. The van der Waals surface area contributed by atoms with Gasteiger partial charge in [-0.1, -0.05) is 12.8 Å². The van der Waals surface area contributed by atoms with Crippen molar-refractivity contribution in [1.29, 1.82) is 0 Å². The first-order valence-electron chi connectivity index (χ1n) is 6.54. The third-order valence-electron chi connectivity index (χ3n) is 3.59. The maximum atomic E-state index is 12.9. The Morgan fingerprint density at radius 3 is 2.19 bits per heavy atom. The summed E-state index contributed by atoms with van der Waals surface area (Å²) in [5, 5.41) is 2.67. The second kappa shape index (κ2) is 5.73. The molecule has 0 saturated heterocycles. The van der Waals surface area contributed by atoms with Gasteiger partial charge in [0.05, 0.1) is 17.8 Å². The lowest BCUT2D eigenvalue weighted by atomic mass is 9.84. The minimum absolute atomic E-state index is 0.0369. The van der Waals surface area contributed by atoms with E-state index in [9.17, 15) is 26.3 Å². The fourth-order valence-corrected chi connectivity index (χ4v) is 2.56. The molecular formula is C13H14F6N2. The molecule has 2 unspecified atom stereocenters. The molecule has 1 N–H and O–H groups in total. The van der Waals surface area contributed by atoms with Crippen LogP contribution in [0.2, 0.25) is 0 Å². The maximum Gasteiger partial charge on any atom is 0.433 e. The monoisotopic (exact) mass is 312 g/mol. The van der Waals surface area contributed by atoms with E-state index in [0.29, 0.717) is 19.3 Å². The van der Waals surface area contributed by atoms with Crippen LogP contribution >= 0.6 is 0 Å². The maximum absolute atomic E-state index is 12.9. The Kier molecular flexibility index (Phi) is 4.34. The van der Waals surface area contributed by atoms with Gasteiger partial charge >= 0.3 is 12.4 Å². The van der Waals surface area contributed by atoms with E-state index in [-0.39, 0.29) is 12.1 Å². The average molecular weight is 312 g/mol. The van der Waals surface area contributed by atoms with E-state index in [1.165, 1.54) is 0 Å². The van der Waals surface area contributed by atoms with Crippen molar-refractivity contribution in [3.8, 4) is 0 Å². The van der Waals surface area contributed by atoms with Crippen molar-refractivity contribution in [2.24, 2.45) is 5.92 Å². The van der Waals surface area contributed by atoms with Crippen LogP contribution in [0.5, 0.6) is 0 Å². The van der Waals surface area contributed by atoms with Crippen molar-refractivity contribution in [2.75, 3.05) is 5.32 Å². The topological polar surface area (TPSA) is 24.9 Å². The predicted molar refractivity (Wildman–Crippen MR) is 64.7 cm³/mol. The zero-order valence-electron chi connectivity index (χ0n) is 10.9. The Balaban J connectivity index is 2.09. The normalized spacial score (nSPS) is 23.9. The van der Waals surface area contributed by atoms with E-state index >= 15 is 0 Å². The molecule has 21 heavy (non-hydrogen) atoms. The zero-order chi connectivity index (χ0) is 15.7. The van der Waals surface area contributed by atoms with Gasteiger partial charge in [0.1, 0.15) is 5.69 Å². The SMILES string of the molecule is FC(F)(F)c1ccc(NC2CCCCC2C(F)(F)F)cn1. The van der Waals surface area contributed by atoms with Gasteiger partial charge < -0.3 is 5.32 Å². The average Bonchev–Trinajstić information content (AvgIpc) is 2.37. The number of halogens is 6. The number of rotatable bonds is 2. The van der Waals surface area contributed by atoms with Crippen molar-refractivity contribution >= 4 is 5.69 Å². The van der Waals surface area contributed by atoms with Gasteiger partial charge in [0, 0.05) is 6.04 Å². The van der Waals surface area contributed by atoms with Gasteiger partial charge in [-0.3, -0.25) is 0 Å². The Labute approximate surface area is 117 Å². The molecular weight excluding hydrogens is 298 g/mol. The second-order valence-corrected chi connectivity index (χ2v) is 5.11. The molecule has 2 nitrogen and oxygen atoms in total. The lowest BCUT2D eigenvalue weighted by Gasteiger charge is -2.34. The van der Waals surface area contributed by atoms with Gasteiger partial charge in [0.15, 0.2) is 0 Å². The van der Waals surface area contributed by atoms with Gasteiger partial charge in [0.2, 0.25) is 0 Å². The molecule has 0 bridgehead atoms. The van der Waals surface area contributed by atoms with Crippen molar-refractivity contribution < 1.29 is 26.3 Å². The number of hydrogen-bond donors (Lipinski definition) is 1. The molecule has 118 valence electrons. The van der Waals surface area contributed by atoms with Crippen LogP contribution in [-0.4, -0.2) is 17.2 Å². The van der Waals surface area contributed by atoms with Crippen LogP contribution in [0.15, 0.2) is 18.3 Å². The van der Waals surface area contributed by atoms with Gasteiger partial charge in [-0.2, -0.15) is 26.3 Å². The van der Waals surface area contributed by atoms with Crippen LogP contribution in [0.3, 0.4) is 0 Å². The Morgan fingerprint density at radius 1 is 1.00 bits per heavy atom. The lowest BCUT2D eigenvalue weighted by Crippen LogP contribution is -2.41. The first kappa shape index (κ1) is 15.9. The van der Waals surface area contributed by atoms with Gasteiger partial charge in [-0.25, -0.2) is 4.98 Å². The van der Waals surface area contributed by atoms with E-state index < -0.39 is 30.0 Å². The highest BCUT2D eigenvalue weighted by molar-refractivity contribution is 5.42. The standard InChI is InChI=1S/C13H14F6N2/c14-12(15,16)9-3-1-2-4-10(9)21-8-5-6-11(20-7-8)13(17,18)19/h5-7,9-10,21H,1-4H2. The minimum atomic E-state index is -4.56. The molecule has 0 amide bonds. The van der Waals surface area contributed by atoms with Gasteiger partial charge in [0.25, 0.3) is 0 Å².